The molecule has 2 N–H and O–H groups in total. The summed E-state index contributed by atoms with van der Waals surface area (Å²) in [5, 5.41) is 6.33. The molecular weight excluding hydrogens is 393 g/mol. The molecule has 0 aliphatic carbocycles. The highest BCUT2D eigenvalue weighted by atomic mass is 35.5. The van der Waals surface area contributed by atoms with Crippen molar-refractivity contribution in [3.8, 4) is 0 Å². The van der Waals surface area contributed by atoms with Crippen LogP contribution in [0.4, 0.5) is 0 Å². The Morgan fingerprint density at radius 1 is 1.19 bits per heavy atom. The molecule has 1 heterocycles. The summed E-state index contributed by atoms with van der Waals surface area (Å²) in [5.41, 5.74) is 1.17. The molecule has 0 bridgehead atoms. The molecule has 2 aromatic rings. The number of carbonyl (C=O) groups is 2. The van der Waals surface area contributed by atoms with Crippen LogP contribution in [-0.4, -0.2) is 34.8 Å². The first-order valence-corrected chi connectivity index (χ1v) is 10.1. The van der Waals surface area contributed by atoms with Crippen molar-refractivity contribution < 1.29 is 9.59 Å². The molecule has 0 saturated carbocycles. The summed E-state index contributed by atoms with van der Waals surface area (Å²) in [6, 6.07) is 9.54. The largest absolute Gasteiger partial charge is 0.350 e. The average Bonchev–Trinajstić information content (AvgIpc) is 2.64. The van der Waals surface area contributed by atoms with E-state index in [1.165, 1.54) is 0 Å². The minimum Gasteiger partial charge on any atom is -0.350 e. The lowest BCUT2D eigenvalue weighted by atomic mass is 10.1. The van der Waals surface area contributed by atoms with Gasteiger partial charge in [0.05, 0.1) is 10.6 Å². The first-order chi connectivity index (χ1) is 12.5. The van der Waals surface area contributed by atoms with Gasteiger partial charge in [0.2, 0.25) is 5.91 Å². The Hall–Kier alpha value is -1.76. The number of thioether (sulfide) groups is 1. The zero-order valence-electron chi connectivity index (χ0n) is 14.2. The number of hydrogen-bond donors (Lipinski definition) is 2. The smallest absolute Gasteiger partial charge is 0.253 e. The van der Waals surface area contributed by atoms with E-state index in [4.69, 9.17) is 23.2 Å². The fourth-order valence-corrected chi connectivity index (χ4v) is 3.01. The summed E-state index contributed by atoms with van der Waals surface area (Å²) in [7, 11) is 0. The molecule has 0 saturated heterocycles. The van der Waals surface area contributed by atoms with Crippen LogP contribution in [0.5, 0.6) is 0 Å². The summed E-state index contributed by atoms with van der Waals surface area (Å²) in [5.74, 6) is 0.114. The van der Waals surface area contributed by atoms with Crippen LogP contribution >= 0.6 is 35.0 Å². The van der Waals surface area contributed by atoms with E-state index >= 15 is 0 Å². The van der Waals surface area contributed by atoms with Gasteiger partial charge in [-0.1, -0.05) is 41.4 Å². The van der Waals surface area contributed by atoms with Crippen molar-refractivity contribution in [1.29, 1.82) is 0 Å². The molecule has 1 atom stereocenters. The standard InChI is InChI=1S/C18H19Cl2N3O2S/c1-26-9-8-15(23-17(24)13-4-2-3-5-14(13)19)18(25)22-11-12-6-7-16(20)21-10-12/h2-7,10,15H,8-9,11H2,1H3,(H,22,25)(H,23,24). The van der Waals surface area contributed by atoms with E-state index in [2.05, 4.69) is 15.6 Å². The molecule has 5 nitrogen and oxygen atoms in total. The Bertz CT molecular complexity index is 756. The molecule has 0 fully saturated rings. The van der Waals surface area contributed by atoms with Crippen LogP contribution in [0.15, 0.2) is 42.6 Å². The summed E-state index contributed by atoms with van der Waals surface area (Å²) in [6.07, 6.45) is 4.06. The third-order valence-corrected chi connectivity index (χ3v) is 4.80. The molecule has 8 heteroatoms. The highest BCUT2D eigenvalue weighted by Gasteiger charge is 2.22. The van der Waals surface area contributed by atoms with Crippen molar-refractivity contribution in [2.75, 3.05) is 12.0 Å². The lowest BCUT2D eigenvalue weighted by Gasteiger charge is -2.18. The normalized spacial score (nSPS) is 11.7. The van der Waals surface area contributed by atoms with Crippen molar-refractivity contribution in [2.45, 2.75) is 19.0 Å². The Morgan fingerprint density at radius 2 is 1.96 bits per heavy atom. The van der Waals surface area contributed by atoms with Crippen molar-refractivity contribution in [3.05, 3.63) is 63.9 Å². The van der Waals surface area contributed by atoms with Crippen LogP contribution in [0.3, 0.4) is 0 Å². The molecule has 1 aromatic carbocycles. The molecule has 1 unspecified atom stereocenters. The average molecular weight is 412 g/mol. The number of carbonyl (C=O) groups excluding carboxylic acids is 2. The number of hydrogen-bond acceptors (Lipinski definition) is 4. The topological polar surface area (TPSA) is 71.1 Å². The van der Waals surface area contributed by atoms with Gasteiger partial charge in [-0.15, -0.1) is 0 Å². The third-order valence-electron chi connectivity index (χ3n) is 3.61. The number of nitrogens with zero attached hydrogens (tertiary/aromatic N) is 1. The van der Waals surface area contributed by atoms with Gasteiger partial charge in [-0.25, -0.2) is 4.98 Å². The SMILES string of the molecule is CSCCC(NC(=O)c1ccccc1Cl)C(=O)NCc1ccc(Cl)nc1. The van der Waals surface area contributed by atoms with Crippen molar-refractivity contribution in [3.63, 3.8) is 0 Å². The molecule has 0 aliphatic rings. The third kappa shape index (κ3) is 6.20. The number of amides is 2. The number of pyridine rings is 1. The molecule has 1 aromatic heterocycles. The van der Waals surface area contributed by atoms with Crippen LogP contribution in [0.2, 0.25) is 10.2 Å². The first-order valence-electron chi connectivity index (χ1n) is 7.93. The Morgan fingerprint density at radius 3 is 2.62 bits per heavy atom. The van der Waals surface area contributed by atoms with Gasteiger partial charge >= 0.3 is 0 Å². The van der Waals surface area contributed by atoms with E-state index in [9.17, 15) is 9.59 Å². The number of benzene rings is 1. The Balaban J connectivity index is 2.00. The second-order valence-corrected chi connectivity index (χ2v) is 7.27. The Labute approximate surface area is 166 Å². The fourth-order valence-electron chi connectivity index (χ4n) is 2.21. The molecule has 2 amide bonds. The van der Waals surface area contributed by atoms with Gasteiger partial charge in [0.25, 0.3) is 5.91 Å². The summed E-state index contributed by atoms with van der Waals surface area (Å²) in [4.78, 5) is 29.0. The van der Waals surface area contributed by atoms with Gasteiger partial charge in [-0.05, 0) is 42.2 Å². The number of rotatable bonds is 8. The number of halogens is 2. The maximum absolute atomic E-state index is 12.5. The highest BCUT2D eigenvalue weighted by Crippen LogP contribution is 2.15. The van der Waals surface area contributed by atoms with E-state index < -0.39 is 6.04 Å². The van der Waals surface area contributed by atoms with Crippen molar-refractivity contribution in [2.24, 2.45) is 0 Å². The second-order valence-electron chi connectivity index (χ2n) is 5.49. The van der Waals surface area contributed by atoms with Crippen molar-refractivity contribution in [1.82, 2.24) is 15.6 Å². The lowest BCUT2D eigenvalue weighted by molar-refractivity contribution is -0.123. The molecule has 26 heavy (non-hydrogen) atoms. The van der Waals surface area contributed by atoms with E-state index in [1.807, 2.05) is 6.26 Å². The first kappa shape index (κ1) is 20.6. The van der Waals surface area contributed by atoms with Crippen LogP contribution < -0.4 is 10.6 Å². The fraction of sp³-hybridized carbons (Fsp3) is 0.278. The zero-order valence-corrected chi connectivity index (χ0v) is 16.5. The van der Waals surface area contributed by atoms with E-state index in [0.29, 0.717) is 28.7 Å². The van der Waals surface area contributed by atoms with Crippen LogP contribution in [-0.2, 0) is 11.3 Å². The zero-order chi connectivity index (χ0) is 18.9. The maximum Gasteiger partial charge on any atom is 0.253 e. The van der Waals surface area contributed by atoms with Gasteiger partial charge in [-0.3, -0.25) is 9.59 Å². The number of aromatic nitrogens is 1. The highest BCUT2D eigenvalue weighted by molar-refractivity contribution is 7.98. The summed E-state index contributed by atoms with van der Waals surface area (Å²) < 4.78 is 0. The van der Waals surface area contributed by atoms with E-state index in [-0.39, 0.29) is 11.8 Å². The molecule has 0 radical (unpaired) electrons. The van der Waals surface area contributed by atoms with Gasteiger partial charge < -0.3 is 10.6 Å². The van der Waals surface area contributed by atoms with E-state index in [0.717, 1.165) is 11.3 Å². The Kier molecular flexibility index (Phi) is 8.22. The minimum atomic E-state index is -0.647. The predicted octanol–water partition coefficient (Wildman–Crippen LogP) is 3.56. The van der Waals surface area contributed by atoms with E-state index in [1.54, 1.807) is 54.4 Å². The molecule has 0 spiro atoms. The second kappa shape index (κ2) is 10.4. The summed E-state index contributed by atoms with van der Waals surface area (Å²) >= 11 is 13.4. The van der Waals surface area contributed by atoms with Crippen LogP contribution in [0, 0.1) is 0 Å². The number of nitrogens with one attached hydrogen (secondary N) is 2. The minimum absolute atomic E-state index is 0.255. The molecule has 138 valence electrons. The predicted molar refractivity (Wildman–Crippen MR) is 107 cm³/mol. The van der Waals surface area contributed by atoms with Gasteiger partial charge in [-0.2, -0.15) is 11.8 Å². The van der Waals surface area contributed by atoms with Crippen LogP contribution in [0.1, 0.15) is 22.3 Å². The summed E-state index contributed by atoms with van der Waals surface area (Å²) in [6.45, 7) is 0.306. The van der Waals surface area contributed by atoms with Gasteiger partial charge in [0.1, 0.15) is 11.2 Å². The van der Waals surface area contributed by atoms with Gasteiger partial charge in [0, 0.05) is 12.7 Å². The lowest BCUT2D eigenvalue weighted by Crippen LogP contribution is -2.47. The molecular formula is C18H19Cl2N3O2S. The molecule has 0 aliphatic heterocycles. The van der Waals surface area contributed by atoms with Crippen LogP contribution in [0.25, 0.3) is 0 Å². The quantitative estimate of drug-likeness (QED) is 0.651. The monoisotopic (exact) mass is 411 g/mol. The van der Waals surface area contributed by atoms with Gasteiger partial charge in [0.15, 0.2) is 0 Å². The molecule has 2 rings (SSSR count). The maximum atomic E-state index is 12.5. The van der Waals surface area contributed by atoms with Crippen molar-refractivity contribution >= 4 is 46.8 Å².